The van der Waals surface area contributed by atoms with E-state index in [1.807, 2.05) is 0 Å². The van der Waals surface area contributed by atoms with Crippen LogP contribution in [0.5, 0.6) is 0 Å². The smallest absolute Gasteiger partial charge is 0.211 e. The van der Waals surface area contributed by atoms with Crippen LogP contribution in [0.15, 0.2) is 9.98 Å². The minimum absolute atomic E-state index is 0.435. The second kappa shape index (κ2) is 10.5. The van der Waals surface area contributed by atoms with Gasteiger partial charge in [0.25, 0.3) is 0 Å². The van der Waals surface area contributed by atoms with Crippen molar-refractivity contribution in [2.24, 2.45) is 9.98 Å². The Morgan fingerprint density at radius 2 is 0.952 bits per heavy atom. The molecule has 0 unspecified atom stereocenters. The topological polar surface area (TPSA) is 58.9 Å². The lowest BCUT2D eigenvalue weighted by Gasteiger charge is -2.37. The van der Waals surface area contributed by atoms with Crippen LogP contribution >= 0.6 is 0 Å². The number of nitrogens with zero attached hydrogens (tertiary/aromatic N) is 2. The molecule has 0 bridgehead atoms. The molecule has 0 aliphatic rings. The molecular formula is C17H30N2O2. The van der Waals surface area contributed by atoms with Crippen LogP contribution in [0.4, 0.5) is 0 Å². The van der Waals surface area contributed by atoms with E-state index < -0.39 is 11.1 Å². The third-order valence-electron chi connectivity index (χ3n) is 4.09. The molecule has 0 saturated heterocycles. The van der Waals surface area contributed by atoms with Gasteiger partial charge in [0.1, 0.15) is 0 Å². The summed E-state index contributed by atoms with van der Waals surface area (Å²) in [5.74, 6) is 0. The Morgan fingerprint density at radius 3 is 1.14 bits per heavy atom. The molecule has 0 amide bonds. The molecule has 0 spiro atoms. The summed E-state index contributed by atoms with van der Waals surface area (Å²) in [5, 5.41) is 0. The summed E-state index contributed by atoms with van der Waals surface area (Å²) in [6.07, 6.45) is 11.3. The molecule has 0 aliphatic carbocycles. The van der Waals surface area contributed by atoms with Crippen LogP contribution < -0.4 is 0 Å². The fourth-order valence-corrected chi connectivity index (χ4v) is 3.57. The van der Waals surface area contributed by atoms with Crippen molar-refractivity contribution in [2.75, 3.05) is 0 Å². The van der Waals surface area contributed by atoms with Crippen LogP contribution in [0.1, 0.15) is 85.5 Å². The lowest BCUT2D eigenvalue weighted by Crippen LogP contribution is -2.39. The summed E-state index contributed by atoms with van der Waals surface area (Å²) >= 11 is 0. The van der Waals surface area contributed by atoms with Crippen molar-refractivity contribution in [1.29, 1.82) is 0 Å². The maximum Gasteiger partial charge on any atom is 0.235 e. The van der Waals surface area contributed by atoms with Crippen LogP contribution in [-0.2, 0) is 9.59 Å². The van der Waals surface area contributed by atoms with Crippen LogP contribution in [0.3, 0.4) is 0 Å². The number of hydrogen-bond acceptors (Lipinski definition) is 4. The third kappa shape index (κ3) is 6.37. The van der Waals surface area contributed by atoms with Gasteiger partial charge in [-0.15, -0.1) is 0 Å². The SMILES string of the molecule is CCCC(CCC)(CC(CCC)(CCC)N=C=O)N=C=O. The van der Waals surface area contributed by atoms with Gasteiger partial charge in [-0.05, 0) is 32.1 Å². The Bertz CT molecular complexity index is 332. The van der Waals surface area contributed by atoms with Crippen molar-refractivity contribution in [1.82, 2.24) is 0 Å². The van der Waals surface area contributed by atoms with Crippen molar-refractivity contribution in [3.05, 3.63) is 0 Å². The zero-order valence-electron chi connectivity index (χ0n) is 14.1. The maximum absolute atomic E-state index is 10.9. The summed E-state index contributed by atoms with van der Waals surface area (Å²) in [7, 11) is 0. The van der Waals surface area contributed by atoms with E-state index in [1.54, 1.807) is 12.2 Å². The fourth-order valence-electron chi connectivity index (χ4n) is 3.57. The van der Waals surface area contributed by atoms with Crippen LogP contribution in [0.2, 0.25) is 0 Å². The van der Waals surface area contributed by atoms with Crippen LogP contribution in [-0.4, -0.2) is 23.2 Å². The Morgan fingerprint density at radius 1 is 0.667 bits per heavy atom. The van der Waals surface area contributed by atoms with Gasteiger partial charge in [0, 0.05) is 0 Å². The van der Waals surface area contributed by atoms with E-state index in [2.05, 4.69) is 37.7 Å². The van der Waals surface area contributed by atoms with E-state index in [0.29, 0.717) is 6.42 Å². The van der Waals surface area contributed by atoms with E-state index in [-0.39, 0.29) is 0 Å². The number of hydrogen-bond donors (Lipinski definition) is 0. The average Bonchev–Trinajstić information content (AvgIpc) is 2.40. The Balaban J connectivity index is 5.63. The van der Waals surface area contributed by atoms with Gasteiger partial charge >= 0.3 is 0 Å². The van der Waals surface area contributed by atoms with Crippen LogP contribution in [0.25, 0.3) is 0 Å². The number of aliphatic imine (C=N–C) groups is 2. The monoisotopic (exact) mass is 294 g/mol. The van der Waals surface area contributed by atoms with E-state index in [4.69, 9.17) is 0 Å². The predicted molar refractivity (Wildman–Crippen MR) is 86.0 cm³/mol. The molecule has 0 fully saturated rings. The molecule has 0 rings (SSSR count). The van der Waals surface area contributed by atoms with E-state index >= 15 is 0 Å². The van der Waals surface area contributed by atoms with Crippen molar-refractivity contribution in [3.63, 3.8) is 0 Å². The molecule has 4 heteroatoms. The summed E-state index contributed by atoms with van der Waals surface area (Å²) in [5.41, 5.74) is -0.869. The van der Waals surface area contributed by atoms with Gasteiger partial charge in [0.05, 0.1) is 11.1 Å². The van der Waals surface area contributed by atoms with Gasteiger partial charge in [-0.3, -0.25) is 0 Å². The lowest BCUT2D eigenvalue weighted by molar-refractivity contribution is 0.223. The molecule has 4 nitrogen and oxygen atoms in total. The van der Waals surface area contributed by atoms with E-state index in [0.717, 1.165) is 51.4 Å². The highest BCUT2D eigenvalue weighted by Gasteiger charge is 2.39. The predicted octanol–water partition coefficient (Wildman–Crippen LogP) is 4.73. The van der Waals surface area contributed by atoms with Crippen LogP contribution in [0, 0.1) is 0 Å². The molecule has 0 atom stereocenters. The molecule has 120 valence electrons. The first kappa shape index (κ1) is 19.8. The van der Waals surface area contributed by atoms with Gasteiger partial charge in [-0.2, -0.15) is 9.98 Å². The first-order chi connectivity index (χ1) is 10.1. The third-order valence-corrected chi connectivity index (χ3v) is 4.09. The molecule has 0 aliphatic heterocycles. The molecule has 0 heterocycles. The Kier molecular flexibility index (Phi) is 9.86. The molecule has 0 aromatic carbocycles. The largest absolute Gasteiger partial charge is 0.235 e. The Hall–Kier alpha value is -1.24. The molecule has 0 N–H and O–H groups in total. The fraction of sp³-hybridized carbons (Fsp3) is 0.882. The highest BCUT2D eigenvalue weighted by molar-refractivity contribution is 5.37. The molecule has 0 radical (unpaired) electrons. The second-order valence-electron chi connectivity index (χ2n) is 6.03. The maximum atomic E-state index is 10.9. The quantitative estimate of drug-likeness (QED) is 0.386. The van der Waals surface area contributed by atoms with E-state index in [1.165, 1.54) is 0 Å². The minimum Gasteiger partial charge on any atom is -0.211 e. The van der Waals surface area contributed by atoms with Crippen molar-refractivity contribution < 1.29 is 9.59 Å². The summed E-state index contributed by atoms with van der Waals surface area (Å²) in [4.78, 5) is 30.2. The molecule has 21 heavy (non-hydrogen) atoms. The highest BCUT2D eigenvalue weighted by Crippen LogP contribution is 2.39. The number of rotatable bonds is 12. The number of carbonyl (C=O) groups excluding carboxylic acids is 2. The van der Waals surface area contributed by atoms with Crippen molar-refractivity contribution in [3.8, 4) is 0 Å². The summed E-state index contributed by atoms with van der Waals surface area (Å²) < 4.78 is 0. The molecule has 0 saturated carbocycles. The standard InChI is InChI=1S/C17H30N2O2/c1-5-9-16(10-6-2,18-14-20)13-17(11-7-3,12-8-4)19-15-21/h5-13H2,1-4H3. The normalized spacial score (nSPS) is 11.6. The second-order valence-corrected chi connectivity index (χ2v) is 6.03. The minimum atomic E-state index is -0.435. The van der Waals surface area contributed by atoms with Gasteiger partial charge in [-0.1, -0.05) is 53.4 Å². The lowest BCUT2D eigenvalue weighted by atomic mass is 9.73. The molecule has 0 aromatic rings. The number of isocyanates is 2. The van der Waals surface area contributed by atoms with E-state index in [9.17, 15) is 9.59 Å². The first-order valence-electron chi connectivity index (χ1n) is 8.25. The van der Waals surface area contributed by atoms with Gasteiger partial charge in [-0.25, -0.2) is 9.59 Å². The Labute approximate surface area is 129 Å². The summed E-state index contributed by atoms with van der Waals surface area (Å²) in [6, 6.07) is 0. The van der Waals surface area contributed by atoms with Crippen molar-refractivity contribution >= 4 is 12.2 Å². The average molecular weight is 294 g/mol. The van der Waals surface area contributed by atoms with Gasteiger partial charge in [0.2, 0.25) is 12.2 Å². The zero-order valence-corrected chi connectivity index (χ0v) is 14.1. The summed E-state index contributed by atoms with van der Waals surface area (Å²) in [6.45, 7) is 8.37. The molecular weight excluding hydrogens is 264 g/mol. The molecule has 0 aromatic heterocycles. The highest BCUT2D eigenvalue weighted by atomic mass is 16.1. The van der Waals surface area contributed by atoms with Crippen molar-refractivity contribution in [2.45, 2.75) is 96.6 Å². The zero-order chi connectivity index (χ0) is 16.2. The first-order valence-corrected chi connectivity index (χ1v) is 8.25. The van der Waals surface area contributed by atoms with Gasteiger partial charge < -0.3 is 0 Å². The van der Waals surface area contributed by atoms with Gasteiger partial charge in [0.15, 0.2) is 0 Å².